The second kappa shape index (κ2) is 13.8. The predicted octanol–water partition coefficient (Wildman–Crippen LogP) is 7.84. The average molecular weight is 512 g/mol. The summed E-state index contributed by atoms with van der Waals surface area (Å²) in [5.41, 5.74) is 5.85. The number of imidazole rings is 1. The molecule has 0 aliphatic heterocycles. The maximum atomic E-state index is 5.56. The SMILES string of the molecule is CCCCN(Cc1cc(OC)cc(OC)c1)Cc1c(-c2ccccc2)nc(-c2ccccc2)n1CCCC. The van der Waals surface area contributed by atoms with Gasteiger partial charge in [-0.3, -0.25) is 4.90 Å². The molecule has 0 fully saturated rings. The Labute approximate surface area is 228 Å². The molecule has 200 valence electrons. The second-order valence-corrected chi connectivity index (χ2v) is 9.75. The molecule has 38 heavy (non-hydrogen) atoms. The minimum atomic E-state index is 0.807. The molecule has 0 saturated carbocycles. The molecular formula is C33H41N3O2. The van der Waals surface area contributed by atoms with Crippen molar-refractivity contribution in [3.63, 3.8) is 0 Å². The molecule has 0 N–H and O–H groups in total. The molecule has 1 heterocycles. The first-order chi connectivity index (χ1) is 18.7. The van der Waals surface area contributed by atoms with Crippen LogP contribution in [0.25, 0.3) is 22.6 Å². The standard InChI is InChI=1S/C33H41N3O2/c1-5-7-19-35(24-26-21-29(37-3)23-30(22-26)38-4)25-31-32(27-15-11-9-12-16-27)34-33(36(31)20-8-6-2)28-17-13-10-14-18-28/h9-18,21-23H,5-8,19-20,24-25H2,1-4H3. The zero-order valence-corrected chi connectivity index (χ0v) is 23.3. The van der Waals surface area contributed by atoms with Gasteiger partial charge in [0.05, 0.1) is 25.6 Å². The highest BCUT2D eigenvalue weighted by atomic mass is 16.5. The number of hydrogen-bond acceptors (Lipinski definition) is 4. The molecule has 1 aromatic heterocycles. The highest BCUT2D eigenvalue weighted by molar-refractivity contribution is 5.68. The Hall–Kier alpha value is -3.57. The number of aromatic nitrogens is 2. The second-order valence-electron chi connectivity index (χ2n) is 9.75. The Morgan fingerprint density at radius 2 is 1.34 bits per heavy atom. The van der Waals surface area contributed by atoms with Gasteiger partial charge < -0.3 is 14.0 Å². The van der Waals surface area contributed by atoms with Gasteiger partial charge in [-0.05, 0) is 37.1 Å². The first kappa shape index (κ1) is 27.5. The van der Waals surface area contributed by atoms with Gasteiger partial charge in [-0.2, -0.15) is 0 Å². The fourth-order valence-electron chi connectivity index (χ4n) is 4.86. The van der Waals surface area contributed by atoms with Crippen LogP contribution in [-0.2, 0) is 19.6 Å². The largest absolute Gasteiger partial charge is 0.497 e. The van der Waals surface area contributed by atoms with Gasteiger partial charge in [0.25, 0.3) is 0 Å². The van der Waals surface area contributed by atoms with Gasteiger partial charge >= 0.3 is 0 Å². The van der Waals surface area contributed by atoms with Crippen molar-refractivity contribution in [2.24, 2.45) is 0 Å². The normalized spacial score (nSPS) is 11.2. The maximum Gasteiger partial charge on any atom is 0.140 e. The van der Waals surface area contributed by atoms with E-state index in [1.165, 1.54) is 11.3 Å². The lowest BCUT2D eigenvalue weighted by Crippen LogP contribution is -2.26. The molecule has 0 amide bonds. The van der Waals surface area contributed by atoms with Crippen molar-refractivity contribution in [1.29, 1.82) is 0 Å². The van der Waals surface area contributed by atoms with Crippen LogP contribution >= 0.6 is 0 Å². The van der Waals surface area contributed by atoms with Gasteiger partial charge in [0.2, 0.25) is 0 Å². The molecule has 0 atom stereocenters. The topological polar surface area (TPSA) is 39.5 Å². The molecule has 0 unspecified atom stereocenters. The summed E-state index contributed by atoms with van der Waals surface area (Å²) >= 11 is 0. The van der Waals surface area contributed by atoms with E-state index in [4.69, 9.17) is 14.5 Å². The van der Waals surface area contributed by atoms with Gasteiger partial charge in [-0.1, -0.05) is 87.4 Å². The van der Waals surface area contributed by atoms with E-state index >= 15 is 0 Å². The van der Waals surface area contributed by atoms with Crippen LogP contribution < -0.4 is 9.47 Å². The third-order valence-corrected chi connectivity index (χ3v) is 6.91. The average Bonchev–Trinajstić information content (AvgIpc) is 3.33. The summed E-state index contributed by atoms with van der Waals surface area (Å²) in [6.07, 6.45) is 4.53. The molecular weight excluding hydrogens is 470 g/mol. The molecule has 5 heteroatoms. The molecule has 3 aromatic carbocycles. The summed E-state index contributed by atoms with van der Waals surface area (Å²) in [5.74, 6) is 2.68. The number of ether oxygens (including phenoxy) is 2. The van der Waals surface area contributed by atoms with E-state index in [0.29, 0.717) is 0 Å². The van der Waals surface area contributed by atoms with E-state index in [0.717, 1.165) is 86.0 Å². The third-order valence-electron chi connectivity index (χ3n) is 6.91. The lowest BCUT2D eigenvalue weighted by Gasteiger charge is -2.24. The highest BCUT2D eigenvalue weighted by Crippen LogP contribution is 2.32. The number of hydrogen-bond donors (Lipinski definition) is 0. The van der Waals surface area contributed by atoms with E-state index in [-0.39, 0.29) is 0 Å². The fraction of sp³-hybridized carbons (Fsp3) is 0.364. The van der Waals surface area contributed by atoms with Gasteiger partial charge in [0.1, 0.15) is 17.3 Å². The van der Waals surface area contributed by atoms with Gasteiger partial charge in [0, 0.05) is 36.8 Å². The Morgan fingerprint density at radius 1 is 0.737 bits per heavy atom. The van der Waals surface area contributed by atoms with Crippen LogP contribution in [0.3, 0.4) is 0 Å². The minimum absolute atomic E-state index is 0.807. The summed E-state index contributed by atoms with van der Waals surface area (Å²) in [6.45, 7) is 8.07. The fourth-order valence-corrected chi connectivity index (χ4v) is 4.86. The van der Waals surface area contributed by atoms with Crippen molar-refractivity contribution in [2.45, 2.75) is 59.2 Å². The van der Waals surface area contributed by atoms with E-state index in [2.05, 4.69) is 96.1 Å². The summed E-state index contributed by atoms with van der Waals surface area (Å²) in [6, 6.07) is 27.4. The molecule has 0 radical (unpaired) electrons. The summed E-state index contributed by atoms with van der Waals surface area (Å²) in [7, 11) is 3.41. The molecule has 0 aliphatic rings. The molecule has 0 aliphatic carbocycles. The minimum Gasteiger partial charge on any atom is -0.497 e. The Morgan fingerprint density at radius 3 is 1.92 bits per heavy atom. The number of benzene rings is 3. The zero-order chi connectivity index (χ0) is 26.7. The van der Waals surface area contributed by atoms with Gasteiger partial charge in [0.15, 0.2) is 0 Å². The van der Waals surface area contributed by atoms with Crippen LogP contribution in [0.15, 0.2) is 78.9 Å². The molecule has 0 spiro atoms. The van der Waals surface area contributed by atoms with Crippen LogP contribution in [0.1, 0.15) is 50.8 Å². The molecule has 0 saturated heterocycles. The van der Waals surface area contributed by atoms with E-state index in [1.807, 2.05) is 6.07 Å². The highest BCUT2D eigenvalue weighted by Gasteiger charge is 2.22. The molecule has 4 rings (SSSR count). The van der Waals surface area contributed by atoms with Crippen molar-refractivity contribution in [3.05, 3.63) is 90.1 Å². The van der Waals surface area contributed by atoms with Crippen LogP contribution in [0, 0.1) is 0 Å². The lowest BCUT2D eigenvalue weighted by molar-refractivity contribution is 0.245. The quantitative estimate of drug-likeness (QED) is 0.173. The van der Waals surface area contributed by atoms with Crippen molar-refractivity contribution >= 4 is 0 Å². The van der Waals surface area contributed by atoms with Crippen LogP contribution in [0.4, 0.5) is 0 Å². The molecule has 5 nitrogen and oxygen atoms in total. The van der Waals surface area contributed by atoms with Crippen LogP contribution in [0.2, 0.25) is 0 Å². The van der Waals surface area contributed by atoms with Gasteiger partial charge in [-0.25, -0.2) is 4.98 Å². The predicted molar refractivity (Wildman–Crippen MR) is 157 cm³/mol. The van der Waals surface area contributed by atoms with Crippen LogP contribution in [0.5, 0.6) is 11.5 Å². The number of nitrogens with zero attached hydrogens (tertiary/aromatic N) is 3. The first-order valence-electron chi connectivity index (χ1n) is 13.8. The summed E-state index contributed by atoms with van der Waals surface area (Å²) < 4.78 is 13.6. The van der Waals surface area contributed by atoms with Crippen molar-refractivity contribution in [3.8, 4) is 34.1 Å². The number of rotatable bonds is 14. The monoisotopic (exact) mass is 511 g/mol. The molecule has 0 bridgehead atoms. The number of unbranched alkanes of at least 4 members (excludes halogenated alkanes) is 2. The number of methoxy groups -OCH3 is 2. The first-order valence-corrected chi connectivity index (χ1v) is 13.8. The maximum absolute atomic E-state index is 5.56. The van der Waals surface area contributed by atoms with Crippen molar-refractivity contribution < 1.29 is 9.47 Å². The van der Waals surface area contributed by atoms with E-state index < -0.39 is 0 Å². The van der Waals surface area contributed by atoms with E-state index in [1.54, 1.807) is 14.2 Å². The third kappa shape index (κ3) is 6.84. The molecule has 4 aromatic rings. The van der Waals surface area contributed by atoms with Crippen molar-refractivity contribution in [1.82, 2.24) is 14.5 Å². The van der Waals surface area contributed by atoms with Crippen LogP contribution in [-0.4, -0.2) is 35.2 Å². The summed E-state index contributed by atoms with van der Waals surface area (Å²) in [5, 5.41) is 0. The van der Waals surface area contributed by atoms with Crippen molar-refractivity contribution in [2.75, 3.05) is 20.8 Å². The smallest absolute Gasteiger partial charge is 0.140 e. The Bertz CT molecular complexity index is 1250. The lowest BCUT2D eigenvalue weighted by atomic mass is 10.1. The Kier molecular flexibility index (Phi) is 9.99. The zero-order valence-electron chi connectivity index (χ0n) is 23.3. The summed E-state index contributed by atoms with van der Waals surface area (Å²) in [4.78, 5) is 7.84. The van der Waals surface area contributed by atoms with E-state index in [9.17, 15) is 0 Å². The Balaban J connectivity index is 1.79. The van der Waals surface area contributed by atoms with Gasteiger partial charge in [-0.15, -0.1) is 0 Å².